The zero-order valence-corrected chi connectivity index (χ0v) is 15.2. The lowest BCUT2D eigenvalue weighted by Crippen LogP contribution is -2.47. The van der Waals surface area contributed by atoms with Gasteiger partial charge in [-0.25, -0.2) is 15.0 Å². The topological polar surface area (TPSA) is 88.5 Å². The monoisotopic (exact) mass is 377 g/mol. The van der Waals surface area contributed by atoms with Gasteiger partial charge >= 0.3 is 0 Å². The molecule has 2 aliphatic rings. The SMILES string of the molecule is c1cnc(N2CCN(c3nccc(Nc4ccc5c(c4)OCO5)n3)CC2)nc1. The lowest BCUT2D eigenvalue weighted by Gasteiger charge is -2.34. The third-order valence-corrected chi connectivity index (χ3v) is 4.69. The molecule has 0 bridgehead atoms. The van der Waals surface area contributed by atoms with Crippen molar-refractivity contribution in [2.75, 3.05) is 48.1 Å². The maximum Gasteiger partial charge on any atom is 0.231 e. The van der Waals surface area contributed by atoms with Crippen LogP contribution in [0.1, 0.15) is 0 Å². The number of rotatable bonds is 4. The Balaban J connectivity index is 1.26. The number of piperazine rings is 1. The number of nitrogens with one attached hydrogen (secondary N) is 1. The normalized spacial score (nSPS) is 15.6. The largest absolute Gasteiger partial charge is 0.454 e. The second-order valence-electron chi connectivity index (χ2n) is 6.46. The van der Waals surface area contributed by atoms with Crippen molar-refractivity contribution >= 4 is 23.4 Å². The number of fused-ring (bicyclic) bond motifs is 1. The van der Waals surface area contributed by atoms with Crippen LogP contribution in [0.4, 0.5) is 23.4 Å². The minimum absolute atomic E-state index is 0.260. The molecule has 9 heteroatoms. The predicted octanol–water partition coefficient (Wildman–Crippen LogP) is 2.07. The molecule has 0 amide bonds. The average molecular weight is 377 g/mol. The molecule has 5 rings (SSSR count). The Kier molecular flexibility index (Phi) is 4.24. The van der Waals surface area contributed by atoms with Crippen LogP contribution < -0.4 is 24.6 Å². The highest BCUT2D eigenvalue weighted by Gasteiger charge is 2.21. The van der Waals surface area contributed by atoms with Crippen LogP contribution in [-0.2, 0) is 0 Å². The van der Waals surface area contributed by atoms with Gasteiger partial charge in [0.05, 0.1) is 0 Å². The fourth-order valence-electron chi connectivity index (χ4n) is 3.25. The molecule has 1 aromatic carbocycles. The summed E-state index contributed by atoms with van der Waals surface area (Å²) in [6.07, 6.45) is 5.30. The van der Waals surface area contributed by atoms with Gasteiger partial charge in [-0.2, -0.15) is 4.98 Å². The number of hydrogen-bond acceptors (Lipinski definition) is 9. The molecule has 142 valence electrons. The van der Waals surface area contributed by atoms with Crippen LogP contribution in [0.15, 0.2) is 48.9 Å². The van der Waals surface area contributed by atoms with E-state index in [2.05, 4.69) is 35.1 Å². The van der Waals surface area contributed by atoms with E-state index >= 15 is 0 Å². The minimum Gasteiger partial charge on any atom is -0.454 e. The van der Waals surface area contributed by atoms with Gasteiger partial charge in [-0.3, -0.25) is 0 Å². The fourth-order valence-corrected chi connectivity index (χ4v) is 3.25. The van der Waals surface area contributed by atoms with E-state index in [1.165, 1.54) is 0 Å². The van der Waals surface area contributed by atoms with Crippen molar-refractivity contribution in [2.24, 2.45) is 0 Å². The van der Waals surface area contributed by atoms with E-state index in [9.17, 15) is 0 Å². The first-order chi connectivity index (χ1) is 13.8. The highest BCUT2D eigenvalue weighted by atomic mass is 16.7. The van der Waals surface area contributed by atoms with Crippen molar-refractivity contribution in [3.05, 3.63) is 48.9 Å². The maximum atomic E-state index is 5.42. The Morgan fingerprint density at radius 2 is 1.50 bits per heavy atom. The van der Waals surface area contributed by atoms with E-state index in [0.717, 1.165) is 55.1 Å². The Hall–Kier alpha value is -3.62. The molecule has 2 aromatic heterocycles. The average Bonchev–Trinajstić information content (AvgIpc) is 3.23. The summed E-state index contributed by atoms with van der Waals surface area (Å²) >= 11 is 0. The number of benzene rings is 1. The summed E-state index contributed by atoms with van der Waals surface area (Å²) in [5.74, 6) is 3.70. The first kappa shape index (κ1) is 16.5. The van der Waals surface area contributed by atoms with Crippen molar-refractivity contribution in [3.8, 4) is 11.5 Å². The fraction of sp³-hybridized carbons (Fsp3) is 0.263. The smallest absolute Gasteiger partial charge is 0.231 e. The van der Waals surface area contributed by atoms with E-state index in [1.807, 2.05) is 30.3 Å². The Labute approximate surface area is 162 Å². The van der Waals surface area contributed by atoms with Crippen LogP contribution in [0, 0.1) is 0 Å². The lowest BCUT2D eigenvalue weighted by molar-refractivity contribution is 0.174. The number of hydrogen-bond donors (Lipinski definition) is 1. The summed E-state index contributed by atoms with van der Waals surface area (Å²) < 4.78 is 10.8. The van der Waals surface area contributed by atoms with Gasteiger partial charge in [-0.05, 0) is 24.3 Å². The van der Waals surface area contributed by atoms with Gasteiger partial charge in [0.15, 0.2) is 11.5 Å². The molecule has 3 aromatic rings. The summed E-state index contributed by atoms with van der Waals surface area (Å²) in [5.41, 5.74) is 0.889. The molecule has 1 fully saturated rings. The van der Waals surface area contributed by atoms with E-state index < -0.39 is 0 Å². The maximum absolute atomic E-state index is 5.42. The van der Waals surface area contributed by atoms with Crippen LogP contribution >= 0.6 is 0 Å². The van der Waals surface area contributed by atoms with Crippen LogP contribution in [0.3, 0.4) is 0 Å². The molecule has 0 radical (unpaired) electrons. The van der Waals surface area contributed by atoms with Gasteiger partial charge in [0, 0.05) is 56.5 Å². The quantitative estimate of drug-likeness (QED) is 0.734. The number of nitrogens with zero attached hydrogens (tertiary/aromatic N) is 6. The molecule has 0 atom stereocenters. The second-order valence-corrected chi connectivity index (χ2v) is 6.46. The Morgan fingerprint density at radius 3 is 2.32 bits per heavy atom. The molecule has 28 heavy (non-hydrogen) atoms. The summed E-state index contributed by atoms with van der Waals surface area (Å²) in [7, 11) is 0. The first-order valence-corrected chi connectivity index (χ1v) is 9.12. The van der Waals surface area contributed by atoms with Gasteiger partial charge in [0.1, 0.15) is 5.82 Å². The van der Waals surface area contributed by atoms with Gasteiger partial charge in [-0.15, -0.1) is 0 Å². The molecule has 1 saturated heterocycles. The molecule has 0 spiro atoms. The molecular weight excluding hydrogens is 358 g/mol. The first-order valence-electron chi connectivity index (χ1n) is 9.12. The third-order valence-electron chi connectivity index (χ3n) is 4.69. The molecule has 0 unspecified atom stereocenters. The number of aromatic nitrogens is 4. The highest BCUT2D eigenvalue weighted by Crippen LogP contribution is 2.35. The third kappa shape index (κ3) is 3.34. The lowest BCUT2D eigenvalue weighted by atomic mass is 10.3. The Morgan fingerprint density at radius 1 is 0.786 bits per heavy atom. The standard InChI is InChI=1S/C19H19N7O2/c1-5-20-18(21-6-1)25-8-10-26(11-9-25)19-22-7-4-17(24-19)23-14-2-3-15-16(12-14)28-13-27-15/h1-7,12H,8-11,13H2,(H,22,23,24). The van der Waals surface area contributed by atoms with Gasteiger partial charge < -0.3 is 24.6 Å². The van der Waals surface area contributed by atoms with E-state index in [4.69, 9.17) is 9.47 Å². The zero-order valence-electron chi connectivity index (χ0n) is 15.2. The van der Waals surface area contributed by atoms with Crippen molar-refractivity contribution in [2.45, 2.75) is 0 Å². The number of anilines is 4. The predicted molar refractivity (Wildman–Crippen MR) is 104 cm³/mol. The van der Waals surface area contributed by atoms with Crippen LogP contribution in [-0.4, -0.2) is 52.9 Å². The van der Waals surface area contributed by atoms with Crippen molar-refractivity contribution in [1.82, 2.24) is 19.9 Å². The van der Waals surface area contributed by atoms with E-state index in [-0.39, 0.29) is 6.79 Å². The summed E-state index contributed by atoms with van der Waals surface area (Å²) in [5, 5.41) is 3.30. The van der Waals surface area contributed by atoms with E-state index in [1.54, 1.807) is 18.6 Å². The summed E-state index contributed by atoms with van der Waals surface area (Å²) in [4.78, 5) is 22.1. The molecule has 0 saturated carbocycles. The van der Waals surface area contributed by atoms with Gasteiger partial charge in [0.25, 0.3) is 0 Å². The molecule has 0 aliphatic carbocycles. The van der Waals surface area contributed by atoms with Gasteiger partial charge in [0.2, 0.25) is 18.7 Å². The summed E-state index contributed by atoms with van der Waals surface area (Å²) in [6, 6.07) is 9.41. The second kappa shape index (κ2) is 7.18. The molecule has 2 aliphatic heterocycles. The molecule has 1 N–H and O–H groups in total. The molecular formula is C19H19N7O2. The zero-order chi connectivity index (χ0) is 18.8. The van der Waals surface area contributed by atoms with Crippen molar-refractivity contribution < 1.29 is 9.47 Å². The highest BCUT2D eigenvalue weighted by molar-refractivity contribution is 5.62. The van der Waals surface area contributed by atoms with Crippen LogP contribution in [0.2, 0.25) is 0 Å². The Bertz CT molecular complexity index is 962. The van der Waals surface area contributed by atoms with Crippen LogP contribution in [0.5, 0.6) is 11.5 Å². The van der Waals surface area contributed by atoms with Crippen LogP contribution in [0.25, 0.3) is 0 Å². The van der Waals surface area contributed by atoms with Crippen molar-refractivity contribution in [1.29, 1.82) is 0 Å². The van der Waals surface area contributed by atoms with Gasteiger partial charge in [-0.1, -0.05) is 0 Å². The van der Waals surface area contributed by atoms with Crippen molar-refractivity contribution in [3.63, 3.8) is 0 Å². The van der Waals surface area contributed by atoms with E-state index in [0.29, 0.717) is 5.95 Å². The molecule has 9 nitrogen and oxygen atoms in total. The molecule has 4 heterocycles. The summed E-state index contributed by atoms with van der Waals surface area (Å²) in [6.45, 7) is 3.54. The number of ether oxygens (including phenoxy) is 2. The minimum atomic E-state index is 0.260.